The molecule has 5 nitrogen and oxygen atoms in total. The summed E-state index contributed by atoms with van der Waals surface area (Å²) in [5.74, 6) is 1.14. The van der Waals surface area contributed by atoms with Gasteiger partial charge in [-0.2, -0.15) is 0 Å². The predicted octanol–water partition coefficient (Wildman–Crippen LogP) is 2.70. The second-order valence-electron chi connectivity index (χ2n) is 7.60. The number of hydrogen-bond donors (Lipinski definition) is 1. The van der Waals surface area contributed by atoms with Crippen molar-refractivity contribution in [1.82, 2.24) is 14.9 Å². The lowest BCUT2D eigenvalue weighted by Crippen LogP contribution is -2.39. The number of benzene rings is 1. The summed E-state index contributed by atoms with van der Waals surface area (Å²) in [6, 6.07) is 6.56. The number of nitrogens with one attached hydrogen (secondary N) is 1. The molecule has 1 atom stereocenters. The van der Waals surface area contributed by atoms with Crippen molar-refractivity contribution in [2.75, 3.05) is 24.5 Å². The monoisotopic (exact) mass is 356 g/mol. The molecule has 0 saturated carbocycles. The minimum atomic E-state index is -0.224. The van der Waals surface area contributed by atoms with Crippen molar-refractivity contribution < 1.29 is 4.39 Å². The van der Waals surface area contributed by atoms with Gasteiger partial charge in [-0.25, -0.2) is 9.37 Å². The molecule has 0 aliphatic carbocycles. The van der Waals surface area contributed by atoms with Crippen LogP contribution < -0.4 is 10.5 Å². The van der Waals surface area contributed by atoms with E-state index in [0.717, 1.165) is 55.2 Å². The molecule has 2 aliphatic rings. The lowest BCUT2D eigenvalue weighted by Gasteiger charge is -2.33. The van der Waals surface area contributed by atoms with Crippen molar-refractivity contribution in [2.45, 2.75) is 39.3 Å². The zero-order valence-electron chi connectivity index (χ0n) is 15.2. The normalized spacial score (nSPS) is 20.8. The van der Waals surface area contributed by atoms with Gasteiger partial charge < -0.3 is 4.90 Å². The first kappa shape index (κ1) is 17.2. The van der Waals surface area contributed by atoms with E-state index in [4.69, 9.17) is 4.98 Å². The average molecular weight is 356 g/mol. The zero-order chi connectivity index (χ0) is 18.1. The minimum absolute atomic E-state index is 0.0213. The molecule has 1 N–H and O–H groups in total. The number of aromatic nitrogens is 2. The molecule has 0 bridgehead atoms. The number of hydrogen-bond acceptors (Lipinski definition) is 4. The van der Waals surface area contributed by atoms with E-state index in [1.165, 1.54) is 18.6 Å². The average Bonchev–Trinajstić information content (AvgIpc) is 2.64. The molecule has 138 valence electrons. The molecule has 1 aromatic heterocycles. The summed E-state index contributed by atoms with van der Waals surface area (Å²) in [7, 11) is 0. The lowest BCUT2D eigenvalue weighted by atomic mass is 10.0. The van der Waals surface area contributed by atoms with E-state index in [1.54, 1.807) is 12.1 Å². The van der Waals surface area contributed by atoms with Gasteiger partial charge >= 0.3 is 0 Å². The highest BCUT2D eigenvalue weighted by atomic mass is 19.1. The van der Waals surface area contributed by atoms with Crippen molar-refractivity contribution in [3.05, 3.63) is 57.3 Å². The number of nitrogens with zero attached hydrogens (tertiary/aromatic N) is 3. The van der Waals surface area contributed by atoms with Gasteiger partial charge in [-0.15, -0.1) is 0 Å². The van der Waals surface area contributed by atoms with Crippen LogP contribution in [0.5, 0.6) is 0 Å². The molecule has 0 radical (unpaired) electrons. The van der Waals surface area contributed by atoms with Crippen LogP contribution in [0.15, 0.2) is 29.1 Å². The lowest BCUT2D eigenvalue weighted by molar-refractivity contribution is 0.241. The molecule has 0 unspecified atom stereocenters. The Kier molecular flexibility index (Phi) is 4.76. The first-order chi connectivity index (χ1) is 12.6. The van der Waals surface area contributed by atoms with Crippen LogP contribution in [0.1, 0.15) is 36.6 Å². The SMILES string of the molecule is C[C@@H]1CCCN(c2nc3c(c(=O)[nH]2)CN(Cc2ccc(F)cc2)CC3)C1. The van der Waals surface area contributed by atoms with E-state index in [-0.39, 0.29) is 11.4 Å². The van der Waals surface area contributed by atoms with Crippen molar-refractivity contribution >= 4 is 5.95 Å². The summed E-state index contributed by atoms with van der Waals surface area (Å²) in [5, 5.41) is 0. The fraction of sp³-hybridized carbons (Fsp3) is 0.500. The molecule has 1 fully saturated rings. The second-order valence-corrected chi connectivity index (χ2v) is 7.60. The number of piperidine rings is 1. The Morgan fingerprint density at radius 3 is 2.85 bits per heavy atom. The molecule has 6 heteroatoms. The van der Waals surface area contributed by atoms with Gasteiger partial charge in [-0.1, -0.05) is 19.1 Å². The van der Waals surface area contributed by atoms with Gasteiger partial charge in [0.25, 0.3) is 5.56 Å². The highest BCUT2D eigenvalue weighted by molar-refractivity contribution is 5.35. The minimum Gasteiger partial charge on any atom is -0.342 e. The topological polar surface area (TPSA) is 52.2 Å². The third kappa shape index (κ3) is 3.65. The van der Waals surface area contributed by atoms with E-state index in [0.29, 0.717) is 19.0 Å². The first-order valence-corrected chi connectivity index (χ1v) is 9.42. The van der Waals surface area contributed by atoms with Crippen molar-refractivity contribution in [3.63, 3.8) is 0 Å². The fourth-order valence-corrected chi connectivity index (χ4v) is 3.98. The van der Waals surface area contributed by atoms with Crippen LogP contribution in [-0.2, 0) is 19.5 Å². The van der Waals surface area contributed by atoms with E-state index in [1.807, 2.05) is 0 Å². The van der Waals surface area contributed by atoms with Crippen LogP contribution in [0.2, 0.25) is 0 Å². The van der Waals surface area contributed by atoms with E-state index < -0.39 is 0 Å². The summed E-state index contributed by atoms with van der Waals surface area (Å²) in [6.45, 7) is 6.32. The maximum Gasteiger partial charge on any atom is 0.257 e. The Labute approximate surface area is 152 Å². The highest BCUT2D eigenvalue weighted by Gasteiger charge is 2.24. The van der Waals surface area contributed by atoms with E-state index >= 15 is 0 Å². The summed E-state index contributed by atoms with van der Waals surface area (Å²) in [5.41, 5.74) is 2.73. The number of aromatic amines is 1. The number of fused-ring (bicyclic) bond motifs is 1. The van der Waals surface area contributed by atoms with Gasteiger partial charge in [-0.3, -0.25) is 14.7 Å². The third-order valence-corrected chi connectivity index (χ3v) is 5.41. The van der Waals surface area contributed by atoms with Crippen molar-refractivity contribution in [1.29, 1.82) is 0 Å². The molecular weight excluding hydrogens is 331 g/mol. The largest absolute Gasteiger partial charge is 0.342 e. The molecule has 2 aliphatic heterocycles. The Hall–Kier alpha value is -2.21. The predicted molar refractivity (Wildman–Crippen MR) is 99.7 cm³/mol. The molecule has 2 aromatic rings. The van der Waals surface area contributed by atoms with Crippen LogP contribution >= 0.6 is 0 Å². The van der Waals surface area contributed by atoms with Crippen LogP contribution in [0, 0.1) is 11.7 Å². The van der Waals surface area contributed by atoms with Gasteiger partial charge in [-0.05, 0) is 36.5 Å². The Bertz CT molecular complexity index is 833. The second kappa shape index (κ2) is 7.19. The molecule has 1 saturated heterocycles. The van der Waals surface area contributed by atoms with Crippen molar-refractivity contribution in [3.8, 4) is 0 Å². The number of H-pyrrole nitrogens is 1. The first-order valence-electron chi connectivity index (χ1n) is 9.42. The number of halogens is 1. The highest BCUT2D eigenvalue weighted by Crippen LogP contribution is 2.22. The fourth-order valence-electron chi connectivity index (χ4n) is 3.98. The van der Waals surface area contributed by atoms with Gasteiger partial charge in [0.15, 0.2) is 0 Å². The summed E-state index contributed by atoms with van der Waals surface area (Å²) in [6.07, 6.45) is 3.16. The molecular formula is C20H25FN4O. The molecule has 4 rings (SSSR count). The van der Waals surface area contributed by atoms with Crippen LogP contribution in [0.4, 0.5) is 10.3 Å². The van der Waals surface area contributed by atoms with Crippen LogP contribution in [0.3, 0.4) is 0 Å². The maximum absolute atomic E-state index is 13.1. The molecule has 0 amide bonds. The summed E-state index contributed by atoms with van der Waals surface area (Å²) < 4.78 is 13.1. The van der Waals surface area contributed by atoms with Crippen LogP contribution in [-0.4, -0.2) is 34.5 Å². The smallest absolute Gasteiger partial charge is 0.257 e. The van der Waals surface area contributed by atoms with Crippen molar-refractivity contribution in [2.24, 2.45) is 5.92 Å². The molecule has 26 heavy (non-hydrogen) atoms. The van der Waals surface area contributed by atoms with Gasteiger partial charge in [0, 0.05) is 39.1 Å². The zero-order valence-corrected chi connectivity index (χ0v) is 15.2. The van der Waals surface area contributed by atoms with E-state index in [9.17, 15) is 9.18 Å². The quantitative estimate of drug-likeness (QED) is 0.919. The maximum atomic E-state index is 13.1. The summed E-state index contributed by atoms with van der Waals surface area (Å²) >= 11 is 0. The Morgan fingerprint density at radius 2 is 2.08 bits per heavy atom. The standard InChI is InChI=1S/C20H25FN4O/c1-14-3-2-9-25(11-14)20-22-18-8-10-24(13-17(18)19(26)23-20)12-15-4-6-16(21)7-5-15/h4-7,14H,2-3,8-13H2,1H3,(H,22,23,26)/t14-/m1/s1. The number of rotatable bonds is 3. The molecule has 1 aromatic carbocycles. The molecule has 0 spiro atoms. The molecule has 3 heterocycles. The van der Waals surface area contributed by atoms with E-state index in [2.05, 4.69) is 21.7 Å². The van der Waals surface area contributed by atoms with Gasteiger partial charge in [0.2, 0.25) is 5.95 Å². The Balaban J connectivity index is 1.51. The van der Waals surface area contributed by atoms with Crippen LogP contribution in [0.25, 0.3) is 0 Å². The number of anilines is 1. The van der Waals surface area contributed by atoms with Gasteiger partial charge in [0.1, 0.15) is 5.82 Å². The Morgan fingerprint density at radius 1 is 1.27 bits per heavy atom. The van der Waals surface area contributed by atoms with Gasteiger partial charge in [0.05, 0.1) is 11.3 Å². The third-order valence-electron chi connectivity index (χ3n) is 5.41. The summed E-state index contributed by atoms with van der Waals surface area (Å²) in [4.78, 5) is 24.9.